The van der Waals surface area contributed by atoms with E-state index < -0.39 is 0 Å². The molecule has 0 bridgehead atoms. The largest absolute Gasteiger partial charge is 0.123 e. The molecule has 1 aromatic carbocycles. The monoisotopic (exact) mass is 224 g/mol. The number of hydrogen-bond acceptors (Lipinski definition) is 0. The lowest BCUT2D eigenvalue weighted by molar-refractivity contribution is 0.638. The molecule has 0 aromatic heterocycles. The van der Waals surface area contributed by atoms with E-state index in [0.717, 1.165) is 12.8 Å². The molecule has 84 valence electrons. The molecule has 0 radical (unpaired) electrons. The molecular formula is C14H21Cl. The summed E-state index contributed by atoms with van der Waals surface area (Å²) in [6.07, 6.45) is 5.98. The number of unbranched alkanes of at least 4 members (excludes halogenated alkanes) is 2. The van der Waals surface area contributed by atoms with Crippen molar-refractivity contribution in [1.82, 2.24) is 0 Å². The zero-order valence-corrected chi connectivity index (χ0v) is 10.6. The van der Waals surface area contributed by atoms with E-state index in [9.17, 15) is 0 Å². The van der Waals surface area contributed by atoms with E-state index in [4.69, 9.17) is 11.6 Å². The lowest BCUT2D eigenvalue weighted by atomic mass is 10.0. The molecule has 15 heavy (non-hydrogen) atoms. The third kappa shape index (κ3) is 5.22. The Morgan fingerprint density at radius 3 is 2.40 bits per heavy atom. The van der Waals surface area contributed by atoms with Gasteiger partial charge in [-0.05, 0) is 25.3 Å². The summed E-state index contributed by atoms with van der Waals surface area (Å²) in [5, 5.41) is 0.305. The van der Waals surface area contributed by atoms with Crippen molar-refractivity contribution in [2.45, 2.75) is 51.3 Å². The summed E-state index contributed by atoms with van der Waals surface area (Å²) < 4.78 is 0. The van der Waals surface area contributed by atoms with Crippen LogP contribution < -0.4 is 0 Å². The van der Waals surface area contributed by atoms with E-state index in [1.54, 1.807) is 0 Å². The molecule has 0 heterocycles. The Morgan fingerprint density at radius 2 is 1.80 bits per heavy atom. The van der Waals surface area contributed by atoms with E-state index in [1.165, 1.54) is 30.4 Å². The van der Waals surface area contributed by atoms with Gasteiger partial charge in [-0.25, -0.2) is 0 Å². The van der Waals surface area contributed by atoms with Crippen LogP contribution in [0.15, 0.2) is 24.3 Å². The molecule has 1 heteroatoms. The predicted octanol–water partition coefficient (Wildman–Crippen LogP) is 4.73. The number of halogens is 1. The third-order valence-electron chi connectivity index (χ3n) is 2.70. The van der Waals surface area contributed by atoms with Crippen LogP contribution in [0.1, 0.15) is 43.7 Å². The van der Waals surface area contributed by atoms with Crippen LogP contribution in [-0.4, -0.2) is 5.38 Å². The molecule has 0 nitrogen and oxygen atoms in total. The van der Waals surface area contributed by atoms with Crippen LogP contribution in [0.4, 0.5) is 0 Å². The first-order valence-electron chi connectivity index (χ1n) is 5.92. The summed E-state index contributed by atoms with van der Waals surface area (Å²) in [5.74, 6) is 0. The van der Waals surface area contributed by atoms with E-state index in [2.05, 4.69) is 38.1 Å². The van der Waals surface area contributed by atoms with Gasteiger partial charge < -0.3 is 0 Å². The van der Waals surface area contributed by atoms with Gasteiger partial charge >= 0.3 is 0 Å². The van der Waals surface area contributed by atoms with Gasteiger partial charge in [0.05, 0.1) is 0 Å². The second-order valence-corrected chi connectivity index (χ2v) is 4.90. The highest BCUT2D eigenvalue weighted by Crippen LogP contribution is 2.15. The molecule has 0 saturated heterocycles. The Balaban J connectivity index is 2.31. The molecule has 0 aliphatic carbocycles. The van der Waals surface area contributed by atoms with E-state index in [0.29, 0.717) is 5.38 Å². The maximum Gasteiger partial charge on any atom is 0.0376 e. The Labute approximate surface area is 98.7 Å². The lowest BCUT2D eigenvalue weighted by Crippen LogP contribution is -2.03. The molecule has 1 atom stereocenters. The van der Waals surface area contributed by atoms with Gasteiger partial charge in [0.1, 0.15) is 0 Å². The van der Waals surface area contributed by atoms with Crippen molar-refractivity contribution in [2.75, 3.05) is 0 Å². The Kier molecular flexibility index (Phi) is 5.78. The lowest BCUT2D eigenvalue weighted by Gasteiger charge is -2.09. The van der Waals surface area contributed by atoms with Gasteiger partial charge in [0.2, 0.25) is 0 Å². The highest BCUT2D eigenvalue weighted by molar-refractivity contribution is 6.20. The second kappa shape index (κ2) is 6.90. The predicted molar refractivity (Wildman–Crippen MR) is 68.7 cm³/mol. The van der Waals surface area contributed by atoms with Crippen molar-refractivity contribution >= 4 is 11.6 Å². The molecule has 0 amide bonds. The molecule has 1 unspecified atom stereocenters. The minimum Gasteiger partial charge on any atom is -0.123 e. The Hall–Kier alpha value is -0.490. The van der Waals surface area contributed by atoms with Crippen LogP contribution in [0.5, 0.6) is 0 Å². The molecule has 1 aromatic rings. The quantitative estimate of drug-likeness (QED) is 0.484. The number of rotatable bonds is 6. The van der Waals surface area contributed by atoms with Gasteiger partial charge in [-0.3, -0.25) is 0 Å². The summed E-state index contributed by atoms with van der Waals surface area (Å²) in [6.45, 7) is 4.34. The summed E-state index contributed by atoms with van der Waals surface area (Å²) in [5.41, 5.74) is 2.67. The average molecular weight is 225 g/mol. The van der Waals surface area contributed by atoms with E-state index >= 15 is 0 Å². The van der Waals surface area contributed by atoms with Crippen molar-refractivity contribution in [1.29, 1.82) is 0 Å². The number of benzene rings is 1. The SMILES string of the molecule is CCCCCC(Cl)Cc1ccc(C)cc1. The topological polar surface area (TPSA) is 0 Å². The highest BCUT2D eigenvalue weighted by Gasteiger charge is 2.05. The van der Waals surface area contributed by atoms with Crippen molar-refractivity contribution < 1.29 is 0 Å². The fourth-order valence-electron chi connectivity index (χ4n) is 1.70. The van der Waals surface area contributed by atoms with Crippen LogP contribution in [0, 0.1) is 6.92 Å². The van der Waals surface area contributed by atoms with Crippen molar-refractivity contribution in [3.63, 3.8) is 0 Å². The summed E-state index contributed by atoms with van der Waals surface area (Å²) in [4.78, 5) is 0. The minimum absolute atomic E-state index is 0.305. The molecule has 1 rings (SSSR count). The summed E-state index contributed by atoms with van der Waals surface area (Å²) >= 11 is 6.29. The fourth-order valence-corrected chi connectivity index (χ4v) is 2.03. The summed E-state index contributed by atoms with van der Waals surface area (Å²) in [7, 11) is 0. The zero-order chi connectivity index (χ0) is 11.1. The van der Waals surface area contributed by atoms with Gasteiger partial charge in [-0.15, -0.1) is 11.6 Å². The van der Waals surface area contributed by atoms with Crippen molar-refractivity contribution in [3.8, 4) is 0 Å². The smallest absolute Gasteiger partial charge is 0.0376 e. The second-order valence-electron chi connectivity index (χ2n) is 4.28. The van der Waals surface area contributed by atoms with Crippen molar-refractivity contribution in [2.24, 2.45) is 0 Å². The Morgan fingerprint density at radius 1 is 1.13 bits per heavy atom. The van der Waals surface area contributed by atoms with Crippen LogP contribution in [0.3, 0.4) is 0 Å². The van der Waals surface area contributed by atoms with Crippen LogP contribution in [-0.2, 0) is 6.42 Å². The summed E-state index contributed by atoms with van der Waals surface area (Å²) in [6, 6.07) is 8.69. The highest BCUT2D eigenvalue weighted by atomic mass is 35.5. The average Bonchev–Trinajstić information content (AvgIpc) is 2.22. The normalized spacial score (nSPS) is 12.7. The maximum absolute atomic E-state index is 6.29. The van der Waals surface area contributed by atoms with Gasteiger partial charge in [-0.2, -0.15) is 0 Å². The molecule has 0 aliphatic heterocycles. The number of alkyl halides is 1. The first-order chi connectivity index (χ1) is 7.22. The maximum atomic E-state index is 6.29. The van der Waals surface area contributed by atoms with E-state index in [1.807, 2.05) is 0 Å². The molecule has 0 spiro atoms. The van der Waals surface area contributed by atoms with Gasteiger partial charge in [0.15, 0.2) is 0 Å². The first kappa shape index (κ1) is 12.6. The third-order valence-corrected chi connectivity index (χ3v) is 3.07. The van der Waals surface area contributed by atoms with Crippen LogP contribution >= 0.6 is 11.6 Å². The Bertz CT molecular complexity index is 263. The fraction of sp³-hybridized carbons (Fsp3) is 0.571. The van der Waals surface area contributed by atoms with Gasteiger partial charge in [-0.1, -0.05) is 56.0 Å². The number of aryl methyl sites for hydroxylation is 1. The standard InChI is InChI=1S/C14H21Cl/c1-3-4-5-6-14(15)11-13-9-7-12(2)8-10-13/h7-10,14H,3-6,11H2,1-2H3. The minimum atomic E-state index is 0.305. The van der Waals surface area contributed by atoms with Gasteiger partial charge in [0.25, 0.3) is 0 Å². The van der Waals surface area contributed by atoms with E-state index in [-0.39, 0.29) is 0 Å². The first-order valence-corrected chi connectivity index (χ1v) is 6.35. The van der Waals surface area contributed by atoms with Crippen molar-refractivity contribution in [3.05, 3.63) is 35.4 Å². The number of hydrogen-bond donors (Lipinski definition) is 0. The van der Waals surface area contributed by atoms with Crippen LogP contribution in [0.2, 0.25) is 0 Å². The molecular weight excluding hydrogens is 204 g/mol. The molecule has 0 aliphatic rings. The zero-order valence-electron chi connectivity index (χ0n) is 9.80. The molecule has 0 saturated carbocycles. The molecule has 0 fully saturated rings. The van der Waals surface area contributed by atoms with Crippen LogP contribution in [0.25, 0.3) is 0 Å². The molecule has 0 N–H and O–H groups in total. The van der Waals surface area contributed by atoms with Gasteiger partial charge in [0, 0.05) is 5.38 Å².